The molecule has 1 aromatic rings. The van der Waals surface area contributed by atoms with Gasteiger partial charge in [-0.15, -0.1) is 0 Å². The van der Waals surface area contributed by atoms with Crippen LogP contribution < -0.4 is 9.62 Å². The van der Waals surface area contributed by atoms with Gasteiger partial charge in [0.15, 0.2) is 0 Å². The Bertz CT molecular complexity index is 775. The molecule has 2 aliphatic rings. The second-order valence-corrected chi connectivity index (χ2v) is 9.98. The van der Waals surface area contributed by atoms with Crippen molar-refractivity contribution in [1.82, 2.24) is 5.32 Å². The van der Waals surface area contributed by atoms with Crippen molar-refractivity contribution < 1.29 is 13.2 Å². The molecule has 26 heavy (non-hydrogen) atoms. The molecule has 1 amide bonds. The van der Waals surface area contributed by atoms with Crippen molar-refractivity contribution in [2.24, 2.45) is 11.8 Å². The second kappa shape index (κ2) is 7.59. The number of hydrogen-bond acceptors (Lipinski definition) is 3. The Labute approximate surface area is 157 Å². The Hall–Kier alpha value is -1.56. The molecule has 6 heteroatoms. The Morgan fingerprint density at radius 3 is 2.62 bits per heavy atom. The van der Waals surface area contributed by atoms with Gasteiger partial charge in [0.1, 0.15) is 0 Å². The molecule has 0 heterocycles. The lowest BCUT2D eigenvalue weighted by Gasteiger charge is -2.25. The van der Waals surface area contributed by atoms with Crippen LogP contribution in [0.3, 0.4) is 0 Å². The van der Waals surface area contributed by atoms with Gasteiger partial charge in [-0.05, 0) is 68.6 Å². The molecule has 0 spiro atoms. The first-order valence-corrected chi connectivity index (χ1v) is 11.4. The van der Waals surface area contributed by atoms with E-state index in [2.05, 4.69) is 5.32 Å². The average Bonchev–Trinajstić information content (AvgIpc) is 3.16. The fourth-order valence-corrected chi connectivity index (χ4v) is 5.55. The number of anilines is 1. The summed E-state index contributed by atoms with van der Waals surface area (Å²) in [7, 11) is -3.38. The Balaban J connectivity index is 1.57. The standard InChI is InChI=1S/C20H30N2O3S/c1-14-6-7-15(2)19(11-14)22(26(3,24)25)10-4-5-20(23)21-18-13-16-8-9-17(18)12-16/h6-7,11,16-18H,4-5,8-10,12-13H2,1-3H3,(H,21,23)/t16-,17-,18-/m0/s1. The minimum absolute atomic E-state index is 0.0527. The molecule has 1 N–H and O–H groups in total. The number of carbonyl (C=O) groups is 1. The highest BCUT2D eigenvalue weighted by Gasteiger charge is 2.39. The van der Waals surface area contributed by atoms with E-state index in [4.69, 9.17) is 0 Å². The summed E-state index contributed by atoms with van der Waals surface area (Å²) in [4.78, 5) is 12.3. The molecular weight excluding hydrogens is 348 g/mol. The number of nitrogens with zero attached hydrogens (tertiary/aromatic N) is 1. The summed E-state index contributed by atoms with van der Waals surface area (Å²) in [5.41, 5.74) is 2.65. The predicted octanol–water partition coefficient (Wildman–Crippen LogP) is 3.15. The van der Waals surface area contributed by atoms with Crippen molar-refractivity contribution in [3.63, 3.8) is 0 Å². The predicted molar refractivity (Wildman–Crippen MR) is 105 cm³/mol. The normalized spacial score (nSPS) is 24.7. The van der Waals surface area contributed by atoms with E-state index < -0.39 is 10.0 Å². The van der Waals surface area contributed by atoms with Gasteiger partial charge in [-0.2, -0.15) is 0 Å². The fraction of sp³-hybridized carbons (Fsp3) is 0.650. The third kappa shape index (κ3) is 4.40. The van der Waals surface area contributed by atoms with Gasteiger partial charge in [0.25, 0.3) is 0 Å². The molecular formula is C20H30N2O3S. The number of fused-ring (bicyclic) bond motifs is 2. The second-order valence-electron chi connectivity index (χ2n) is 8.08. The van der Waals surface area contributed by atoms with Gasteiger partial charge in [0.05, 0.1) is 11.9 Å². The number of nitrogens with one attached hydrogen (secondary N) is 1. The topological polar surface area (TPSA) is 66.5 Å². The van der Waals surface area contributed by atoms with Crippen molar-refractivity contribution >= 4 is 21.6 Å². The van der Waals surface area contributed by atoms with Crippen LogP contribution in [-0.4, -0.2) is 33.2 Å². The molecule has 2 fully saturated rings. The lowest BCUT2D eigenvalue weighted by Crippen LogP contribution is -2.39. The van der Waals surface area contributed by atoms with Crippen LogP contribution in [0.1, 0.15) is 49.7 Å². The summed E-state index contributed by atoms with van der Waals surface area (Å²) in [5, 5.41) is 3.18. The van der Waals surface area contributed by atoms with E-state index in [1.165, 1.54) is 29.8 Å². The number of sulfonamides is 1. The molecule has 5 nitrogen and oxygen atoms in total. The molecule has 2 bridgehead atoms. The van der Waals surface area contributed by atoms with E-state index in [0.29, 0.717) is 37.0 Å². The molecule has 2 saturated carbocycles. The number of aryl methyl sites for hydroxylation is 2. The van der Waals surface area contributed by atoms with Gasteiger partial charge in [-0.25, -0.2) is 8.42 Å². The maximum absolute atomic E-state index is 12.3. The van der Waals surface area contributed by atoms with Crippen LogP contribution in [0.4, 0.5) is 5.69 Å². The summed E-state index contributed by atoms with van der Waals surface area (Å²) in [6, 6.07) is 6.14. The number of benzene rings is 1. The molecule has 0 radical (unpaired) electrons. The first kappa shape index (κ1) is 19.2. The highest BCUT2D eigenvalue weighted by Crippen LogP contribution is 2.44. The smallest absolute Gasteiger partial charge is 0.232 e. The van der Waals surface area contributed by atoms with Crippen LogP contribution in [0.15, 0.2) is 18.2 Å². The van der Waals surface area contributed by atoms with Crippen molar-refractivity contribution in [2.75, 3.05) is 17.1 Å². The average molecular weight is 379 g/mol. The molecule has 0 unspecified atom stereocenters. The maximum Gasteiger partial charge on any atom is 0.232 e. The van der Waals surface area contributed by atoms with Gasteiger partial charge >= 0.3 is 0 Å². The first-order chi connectivity index (χ1) is 12.2. The Morgan fingerprint density at radius 2 is 2.00 bits per heavy atom. The van der Waals surface area contributed by atoms with Gasteiger partial charge in [0.2, 0.25) is 15.9 Å². The summed E-state index contributed by atoms with van der Waals surface area (Å²) < 4.78 is 26.0. The molecule has 3 atom stereocenters. The summed E-state index contributed by atoms with van der Waals surface area (Å²) in [6.45, 7) is 4.19. The SMILES string of the molecule is Cc1ccc(C)c(N(CCCC(=O)N[C@H]2C[C@H]3CC[C@H]2C3)S(C)(=O)=O)c1. The van der Waals surface area contributed by atoms with Crippen LogP contribution in [0.2, 0.25) is 0 Å². The molecule has 0 saturated heterocycles. The van der Waals surface area contributed by atoms with E-state index in [1.807, 2.05) is 32.0 Å². The number of hydrogen-bond donors (Lipinski definition) is 1. The first-order valence-electron chi connectivity index (χ1n) is 9.58. The van der Waals surface area contributed by atoms with Crippen LogP contribution in [0, 0.1) is 25.7 Å². The van der Waals surface area contributed by atoms with Crippen LogP contribution in [0.5, 0.6) is 0 Å². The molecule has 0 aliphatic heterocycles. The Kier molecular flexibility index (Phi) is 5.61. The number of carbonyl (C=O) groups excluding carboxylic acids is 1. The van der Waals surface area contributed by atoms with Crippen molar-refractivity contribution in [1.29, 1.82) is 0 Å². The zero-order valence-electron chi connectivity index (χ0n) is 16.0. The minimum Gasteiger partial charge on any atom is -0.353 e. The quantitative estimate of drug-likeness (QED) is 0.792. The van der Waals surface area contributed by atoms with E-state index in [0.717, 1.165) is 23.5 Å². The van der Waals surface area contributed by atoms with Gasteiger partial charge in [-0.3, -0.25) is 9.10 Å². The summed E-state index contributed by atoms with van der Waals surface area (Å²) in [6.07, 6.45) is 7.05. The largest absolute Gasteiger partial charge is 0.353 e. The summed E-state index contributed by atoms with van der Waals surface area (Å²) >= 11 is 0. The fourth-order valence-electron chi connectivity index (χ4n) is 4.54. The van der Waals surface area contributed by atoms with Crippen LogP contribution in [-0.2, 0) is 14.8 Å². The Morgan fingerprint density at radius 1 is 1.23 bits per heavy atom. The summed E-state index contributed by atoms with van der Waals surface area (Å²) in [5.74, 6) is 1.51. The van der Waals surface area contributed by atoms with Crippen molar-refractivity contribution in [3.8, 4) is 0 Å². The monoisotopic (exact) mass is 378 g/mol. The highest BCUT2D eigenvalue weighted by atomic mass is 32.2. The van der Waals surface area contributed by atoms with Crippen molar-refractivity contribution in [2.45, 2.75) is 58.4 Å². The van der Waals surface area contributed by atoms with Gasteiger partial charge in [0, 0.05) is 19.0 Å². The zero-order chi connectivity index (χ0) is 18.9. The molecule has 0 aromatic heterocycles. The van der Waals surface area contributed by atoms with Crippen LogP contribution in [0.25, 0.3) is 0 Å². The maximum atomic E-state index is 12.3. The third-order valence-corrected chi connectivity index (χ3v) is 7.06. The van der Waals surface area contributed by atoms with Crippen molar-refractivity contribution in [3.05, 3.63) is 29.3 Å². The van der Waals surface area contributed by atoms with E-state index in [-0.39, 0.29) is 5.91 Å². The van der Waals surface area contributed by atoms with Gasteiger partial charge in [-0.1, -0.05) is 18.6 Å². The highest BCUT2D eigenvalue weighted by molar-refractivity contribution is 7.92. The van der Waals surface area contributed by atoms with E-state index in [1.54, 1.807) is 0 Å². The van der Waals surface area contributed by atoms with E-state index in [9.17, 15) is 13.2 Å². The lowest BCUT2D eigenvalue weighted by atomic mass is 9.95. The minimum atomic E-state index is -3.38. The molecule has 1 aromatic carbocycles. The molecule has 144 valence electrons. The number of rotatable bonds is 7. The van der Waals surface area contributed by atoms with Crippen LogP contribution >= 0.6 is 0 Å². The lowest BCUT2D eigenvalue weighted by molar-refractivity contribution is -0.122. The van der Waals surface area contributed by atoms with E-state index >= 15 is 0 Å². The molecule has 2 aliphatic carbocycles. The third-order valence-electron chi connectivity index (χ3n) is 5.88. The number of amides is 1. The zero-order valence-corrected chi connectivity index (χ0v) is 16.8. The molecule has 3 rings (SSSR count). The van der Waals surface area contributed by atoms with Gasteiger partial charge < -0.3 is 5.32 Å².